The van der Waals surface area contributed by atoms with Gasteiger partial charge in [0.2, 0.25) is 0 Å². The Balaban J connectivity index is 2.20. The summed E-state index contributed by atoms with van der Waals surface area (Å²) in [6, 6.07) is 7.84. The Morgan fingerprint density at radius 2 is 1.85 bits per heavy atom. The zero-order chi connectivity index (χ0) is 14.8. The summed E-state index contributed by atoms with van der Waals surface area (Å²) in [5.74, 6) is 0.766. The molecule has 0 fully saturated rings. The number of aliphatic hydroxyl groups is 1. The Morgan fingerprint density at radius 1 is 1.20 bits per heavy atom. The highest BCUT2D eigenvalue weighted by Crippen LogP contribution is 2.41. The fourth-order valence-corrected chi connectivity index (χ4v) is 2.82. The van der Waals surface area contributed by atoms with Crippen LogP contribution in [0.1, 0.15) is 31.2 Å². The molecule has 1 aromatic heterocycles. The molecule has 2 aromatic rings. The van der Waals surface area contributed by atoms with Crippen molar-refractivity contribution in [2.24, 2.45) is 5.41 Å². The number of thiazole rings is 1. The van der Waals surface area contributed by atoms with E-state index in [2.05, 4.69) is 4.98 Å². The highest BCUT2D eigenvalue weighted by molar-refractivity contribution is 7.09. The molecule has 1 aromatic carbocycles. The third-order valence-electron chi connectivity index (χ3n) is 3.55. The molecule has 4 heteroatoms. The minimum atomic E-state index is -1.06. The minimum absolute atomic E-state index is 0.210. The van der Waals surface area contributed by atoms with E-state index >= 15 is 0 Å². The van der Waals surface area contributed by atoms with E-state index in [-0.39, 0.29) is 12.0 Å². The SMILES string of the molecule is Cc1ccc(OCC(O)(c2cncs2)C(C)(C)C)cc1. The molecule has 2 rings (SSSR count). The van der Waals surface area contributed by atoms with E-state index < -0.39 is 5.60 Å². The second kappa shape index (κ2) is 5.54. The lowest BCUT2D eigenvalue weighted by Gasteiger charge is -2.38. The topological polar surface area (TPSA) is 42.4 Å². The van der Waals surface area contributed by atoms with Gasteiger partial charge in [0.1, 0.15) is 18.0 Å². The number of hydrogen-bond donors (Lipinski definition) is 1. The van der Waals surface area contributed by atoms with Crippen LogP contribution in [0.15, 0.2) is 36.0 Å². The van der Waals surface area contributed by atoms with Crippen LogP contribution in [0, 0.1) is 12.3 Å². The molecule has 0 saturated carbocycles. The first kappa shape index (κ1) is 15.0. The highest BCUT2D eigenvalue weighted by atomic mass is 32.1. The van der Waals surface area contributed by atoms with Crippen LogP contribution in [0.3, 0.4) is 0 Å². The van der Waals surface area contributed by atoms with E-state index in [0.29, 0.717) is 0 Å². The zero-order valence-corrected chi connectivity index (χ0v) is 13.2. The lowest BCUT2D eigenvalue weighted by atomic mass is 9.76. The van der Waals surface area contributed by atoms with Crippen LogP contribution < -0.4 is 4.74 Å². The van der Waals surface area contributed by atoms with Gasteiger partial charge in [0.05, 0.1) is 10.4 Å². The molecule has 1 heterocycles. The normalized spacial score (nSPS) is 14.8. The second-order valence-electron chi connectivity index (χ2n) is 6.08. The second-order valence-corrected chi connectivity index (χ2v) is 6.96. The number of hydrogen-bond acceptors (Lipinski definition) is 4. The van der Waals surface area contributed by atoms with Crippen LogP contribution in [0.5, 0.6) is 5.75 Å². The van der Waals surface area contributed by atoms with Crippen LogP contribution in [-0.4, -0.2) is 16.7 Å². The van der Waals surface area contributed by atoms with Crippen molar-refractivity contribution in [3.63, 3.8) is 0 Å². The van der Waals surface area contributed by atoms with Gasteiger partial charge in [0.15, 0.2) is 0 Å². The van der Waals surface area contributed by atoms with Crippen LogP contribution >= 0.6 is 11.3 Å². The van der Waals surface area contributed by atoms with Gasteiger partial charge in [-0.25, -0.2) is 0 Å². The third kappa shape index (κ3) is 3.02. The summed E-state index contributed by atoms with van der Waals surface area (Å²) in [6.45, 7) is 8.26. The quantitative estimate of drug-likeness (QED) is 0.932. The first-order chi connectivity index (χ1) is 9.33. The minimum Gasteiger partial charge on any atom is -0.490 e. The number of nitrogens with zero attached hydrogens (tertiary/aromatic N) is 1. The molecule has 0 bridgehead atoms. The molecule has 0 amide bonds. The molecule has 0 radical (unpaired) electrons. The maximum absolute atomic E-state index is 11.1. The highest BCUT2D eigenvalue weighted by Gasteiger charge is 2.43. The molecule has 0 saturated heterocycles. The van der Waals surface area contributed by atoms with Gasteiger partial charge in [-0.1, -0.05) is 38.5 Å². The Kier molecular flexibility index (Phi) is 4.16. The van der Waals surface area contributed by atoms with E-state index in [0.717, 1.165) is 10.6 Å². The van der Waals surface area contributed by atoms with Gasteiger partial charge in [-0.05, 0) is 24.5 Å². The van der Waals surface area contributed by atoms with E-state index in [4.69, 9.17) is 4.74 Å². The largest absolute Gasteiger partial charge is 0.490 e. The Bertz CT molecular complexity index is 543. The third-order valence-corrected chi connectivity index (χ3v) is 4.47. The number of rotatable bonds is 4. The summed E-state index contributed by atoms with van der Waals surface area (Å²) >= 11 is 1.45. The average molecular weight is 291 g/mol. The lowest BCUT2D eigenvalue weighted by molar-refractivity contribution is -0.0918. The molecule has 0 aliphatic heterocycles. The summed E-state index contributed by atoms with van der Waals surface area (Å²) in [5.41, 5.74) is 1.52. The molecule has 20 heavy (non-hydrogen) atoms. The molecule has 0 aliphatic rings. The molecular weight excluding hydrogens is 270 g/mol. The van der Waals surface area contributed by atoms with Crippen molar-refractivity contribution in [3.05, 3.63) is 46.4 Å². The molecule has 0 spiro atoms. The van der Waals surface area contributed by atoms with Crippen molar-refractivity contribution in [1.82, 2.24) is 4.98 Å². The molecule has 3 nitrogen and oxygen atoms in total. The number of ether oxygens (including phenoxy) is 1. The van der Waals surface area contributed by atoms with Crippen molar-refractivity contribution in [2.75, 3.05) is 6.61 Å². The lowest BCUT2D eigenvalue weighted by Crippen LogP contribution is -2.44. The van der Waals surface area contributed by atoms with Crippen molar-refractivity contribution >= 4 is 11.3 Å². The van der Waals surface area contributed by atoms with Crippen LogP contribution in [0.25, 0.3) is 0 Å². The summed E-state index contributed by atoms with van der Waals surface area (Å²) in [5, 5.41) is 11.1. The van der Waals surface area contributed by atoms with Gasteiger partial charge in [-0.3, -0.25) is 4.98 Å². The first-order valence-corrected chi connectivity index (χ1v) is 7.52. The van der Waals surface area contributed by atoms with Gasteiger partial charge in [0.25, 0.3) is 0 Å². The van der Waals surface area contributed by atoms with Crippen LogP contribution in [-0.2, 0) is 5.60 Å². The number of aryl methyl sites for hydroxylation is 1. The Hall–Kier alpha value is -1.39. The smallest absolute Gasteiger partial charge is 0.139 e. The van der Waals surface area contributed by atoms with Gasteiger partial charge < -0.3 is 9.84 Å². The summed E-state index contributed by atoms with van der Waals surface area (Å²) in [6.07, 6.45) is 1.72. The monoisotopic (exact) mass is 291 g/mol. The van der Waals surface area contributed by atoms with Crippen molar-refractivity contribution in [3.8, 4) is 5.75 Å². The van der Waals surface area contributed by atoms with Crippen molar-refractivity contribution < 1.29 is 9.84 Å². The number of aromatic nitrogens is 1. The molecular formula is C16H21NO2S. The molecule has 1 unspecified atom stereocenters. The maximum atomic E-state index is 11.1. The first-order valence-electron chi connectivity index (χ1n) is 6.64. The molecule has 1 N–H and O–H groups in total. The summed E-state index contributed by atoms with van der Waals surface area (Å²) < 4.78 is 5.81. The van der Waals surface area contributed by atoms with Crippen LogP contribution in [0.4, 0.5) is 0 Å². The number of benzene rings is 1. The Morgan fingerprint density at radius 3 is 2.35 bits per heavy atom. The fourth-order valence-electron chi connectivity index (χ4n) is 1.90. The van der Waals surface area contributed by atoms with E-state index in [9.17, 15) is 5.11 Å². The van der Waals surface area contributed by atoms with Crippen molar-refractivity contribution in [2.45, 2.75) is 33.3 Å². The average Bonchev–Trinajstić information content (AvgIpc) is 2.90. The molecule has 108 valence electrons. The van der Waals surface area contributed by atoms with Crippen LogP contribution in [0.2, 0.25) is 0 Å². The molecule has 0 aliphatic carbocycles. The predicted molar refractivity (Wildman–Crippen MR) is 82.1 cm³/mol. The summed E-state index contributed by atoms with van der Waals surface area (Å²) in [4.78, 5) is 4.90. The molecule has 1 atom stereocenters. The van der Waals surface area contributed by atoms with E-state index in [1.807, 2.05) is 52.0 Å². The Labute approximate surface area is 124 Å². The predicted octanol–water partition coefficient (Wildman–Crippen LogP) is 3.76. The maximum Gasteiger partial charge on any atom is 0.139 e. The van der Waals surface area contributed by atoms with Gasteiger partial charge in [-0.15, -0.1) is 11.3 Å². The zero-order valence-electron chi connectivity index (χ0n) is 12.4. The van der Waals surface area contributed by atoms with Gasteiger partial charge in [0, 0.05) is 6.20 Å². The van der Waals surface area contributed by atoms with E-state index in [1.165, 1.54) is 16.9 Å². The van der Waals surface area contributed by atoms with Crippen molar-refractivity contribution in [1.29, 1.82) is 0 Å². The van der Waals surface area contributed by atoms with Gasteiger partial charge in [-0.2, -0.15) is 0 Å². The standard InChI is InChI=1S/C16H21NO2S/c1-12-5-7-13(8-6-12)19-10-16(18,15(2,3)4)14-9-17-11-20-14/h5-9,11,18H,10H2,1-4H3. The van der Waals surface area contributed by atoms with E-state index in [1.54, 1.807) is 11.7 Å². The summed E-state index contributed by atoms with van der Waals surface area (Å²) in [7, 11) is 0. The van der Waals surface area contributed by atoms with Gasteiger partial charge >= 0.3 is 0 Å². The fraction of sp³-hybridized carbons (Fsp3) is 0.438.